The molecule has 2 atom stereocenters. The standard InChI is InChI=1S/C14H17ClN2O3/c15-12-7-3-6-11(17-12)13(18)16-8-9-4-1-2-5-10(9)14(19)20/h3,6-7,9-10H,1-2,4-5,8H2,(H,16,18)(H,19,20). The number of carboxylic acid groups (broad SMARTS) is 1. The number of hydrogen-bond donors (Lipinski definition) is 2. The van der Waals surface area contributed by atoms with E-state index in [9.17, 15) is 14.7 Å². The lowest BCUT2D eigenvalue weighted by molar-refractivity contribution is -0.144. The monoisotopic (exact) mass is 296 g/mol. The first-order chi connectivity index (χ1) is 9.58. The summed E-state index contributed by atoms with van der Waals surface area (Å²) in [6, 6.07) is 4.83. The molecule has 1 aromatic heterocycles. The summed E-state index contributed by atoms with van der Waals surface area (Å²) in [7, 11) is 0. The summed E-state index contributed by atoms with van der Waals surface area (Å²) >= 11 is 5.73. The Morgan fingerprint density at radius 3 is 2.80 bits per heavy atom. The summed E-state index contributed by atoms with van der Waals surface area (Å²) in [6.07, 6.45) is 3.47. The smallest absolute Gasteiger partial charge is 0.306 e. The number of carbonyl (C=O) groups is 2. The molecule has 2 unspecified atom stereocenters. The van der Waals surface area contributed by atoms with Gasteiger partial charge in [0, 0.05) is 6.54 Å². The molecule has 6 heteroatoms. The summed E-state index contributed by atoms with van der Waals surface area (Å²) in [6.45, 7) is 0.365. The van der Waals surface area contributed by atoms with E-state index in [0.29, 0.717) is 13.0 Å². The van der Waals surface area contributed by atoms with Crippen molar-refractivity contribution in [3.63, 3.8) is 0 Å². The highest BCUT2D eigenvalue weighted by Gasteiger charge is 2.30. The second-order valence-corrected chi connectivity index (χ2v) is 5.43. The van der Waals surface area contributed by atoms with Crippen molar-refractivity contribution >= 4 is 23.5 Å². The van der Waals surface area contributed by atoms with E-state index in [0.717, 1.165) is 19.3 Å². The third-order valence-corrected chi connectivity index (χ3v) is 3.91. The molecule has 0 saturated heterocycles. The first kappa shape index (κ1) is 14.8. The van der Waals surface area contributed by atoms with E-state index >= 15 is 0 Å². The highest BCUT2D eigenvalue weighted by molar-refractivity contribution is 6.29. The number of carbonyl (C=O) groups excluding carboxylic acids is 1. The largest absolute Gasteiger partial charge is 0.481 e. The molecule has 0 radical (unpaired) electrons. The van der Waals surface area contributed by atoms with Gasteiger partial charge in [0.25, 0.3) is 5.91 Å². The zero-order valence-electron chi connectivity index (χ0n) is 11.0. The minimum atomic E-state index is -0.773. The number of amides is 1. The van der Waals surface area contributed by atoms with Gasteiger partial charge in [-0.25, -0.2) is 4.98 Å². The second-order valence-electron chi connectivity index (χ2n) is 5.04. The second kappa shape index (κ2) is 6.70. The van der Waals surface area contributed by atoms with E-state index in [2.05, 4.69) is 10.3 Å². The molecule has 20 heavy (non-hydrogen) atoms. The van der Waals surface area contributed by atoms with Crippen molar-refractivity contribution in [3.8, 4) is 0 Å². The SMILES string of the molecule is O=C(NCC1CCCCC1C(=O)O)c1cccc(Cl)n1. The van der Waals surface area contributed by atoms with Crippen LogP contribution in [0.4, 0.5) is 0 Å². The average Bonchev–Trinajstić information content (AvgIpc) is 2.45. The maximum absolute atomic E-state index is 11.9. The quantitative estimate of drug-likeness (QED) is 0.836. The Morgan fingerprint density at radius 2 is 2.10 bits per heavy atom. The van der Waals surface area contributed by atoms with Crippen molar-refractivity contribution < 1.29 is 14.7 Å². The van der Waals surface area contributed by atoms with Crippen molar-refractivity contribution in [1.29, 1.82) is 0 Å². The molecular formula is C14H17ClN2O3. The van der Waals surface area contributed by atoms with E-state index in [1.807, 2.05) is 0 Å². The van der Waals surface area contributed by atoms with Gasteiger partial charge >= 0.3 is 5.97 Å². The van der Waals surface area contributed by atoms with Crippen molar-refractivity contribution in [1.82, 2.24) is 10.3 Å². The molecule has 1 aliphatic rings. The van der Waals surface area contributed by atoms with E-state index in [4.69, 9.17) is 11.6 Å². The average molecular weight is 297 g/mol. The Kier molecular flexibility index (Phi) is 4.95. The number of rotatable bonds is 4. The van der Waals surface area contributed by atoms with Gasteiger partial charge in [0.15, 0.2) is 0 Å². The van der Waals surface area contributed by atoms with Crippen LogP contribution in [0.1, 0.15) is 36.2 Å². The Bertz CT molecular complexity index is 507. The first-order valence-corrected chi connectivity index (χ1v) is 7.09. The van der Waals surface area contributed by atoms with Crippen LogP contribution in [0.25, 0.3) is 0 Å². The molecule has 2 rings (SSSR count). The fourth-order valence-electron chi connectivity index (χ4n) is 2.63. The molecule has 5 nitrogen and oxygen atoms in total. The van der Waals surface area contributed by atoms with E-state index in [1.165, 1.54) is 0 Å². The van der Waals surface area contributed by atoms with Crippen molar-refractivity contribution in [3.05, 3.63) is 29.0 Å². The Hall–Kier alpha value is -1.62. The van der Waals surface area contributed by atoms with Gasteiger partial charge in [-0.3, -0.25) is 9.59 Å². The van der Waals surface area contributed by atoms with Gasteiger partial charge in [0.05, 0.1) is 5.92 Å². The lowest BCUT2D eigenvalue weighted by atomic mass is 9.79. The Labute approximate surface area is 122 Å². The molecule has 1 aromatic rings. The summed E-state index contributed by atoms with van der Waals surface area (Å²) in [4.78, 5) is 27.0. The van der Waals surface area contributed by atoms with Crippen LogP contribution < -0.4 is 5.32 Å². The maximum Gasteiger partial charge on any atom is 0.306 e. The number of nitrogens with zero attached hydrogens (tertiary/aromatic N) is 1. The summed E-state index contributed by atoms with van der Waals surface area (Å²) in [5.74, 6) is -1.47. The zero-order chi connectivity index (χ0) is 14.5. The summed E-state index contributed by atoms with van der Waals surface area (Å²) < 4.78 is 0. The van der Waals surface area contributed by atoms with Crippen LogP contribution in [0.15, 0.2) is 18.2 Å². The van der Waals surface area contributed by atoms with Crippen LogP contribution in [0.2, 0.25) is 5.15 Å². The molecule has 1 fully saturated rings. The molecular weight excluding hydrogens is 280 g/mol. The third kappa shape index (κ3) is 3.70. The predicted octanol–water partition coefficient (Wildman–Crippen LogP) is 2.36. The van der Waals surface area contributed by atoms with Crippen molar-refractivity contribution in [2.75, 3.05) is 6.54 Å². The van der Waals surface area contributed by atoms with Gasteiger partial charge in [0.1, 0.15) is 10.8 Å². The van der Waals surface area contributed by atoms with Gasteiger partial charge in [-0.2, -0.15) is 0 Å². The van der Waals surface area contributed by atoms with Crippen molar-refractivity contribution in [2.24, 2.45) is 11.8 Å². The van der Waals surface area contributed by atoms with Crippen LogP contribution in [-0.4, -0.2) is 28.5 Å². The molecule has 0 aliphatic heterocycles. The van der Waals surface area contributed by atoms with E-state index in [-0.39, 0.29) is 28.6 Å². The number of pyridine rings is 1. The molecule has 0 aromatic carbocycles. The lowest BCUT2D eigenvalue weighted by Crippen LogP contribution is -2.37. The first-order valence-electron chi connectivity index (χ1n) is 6.71. The fourth-order valence-corrected chi connectivity index (χ4v) is 2.79. The van der Waals surface area contributed by atoms with Crippen LogP contribution in [0, 0.1) is 11.8 Å². The van der Waals surface area contributed by atoms with Gasteiger partial charge in [-0.1, -0.05) is 30.5 Å². The zero-order valence-corrected chi connectivity index (χ0v) is 11.8. The highest BCUT2D eigenvalue weighted by Crippen LogP contribution is 2.29. The minimum absolute atomic E-state index is 0.00983. The lowest BCUT2D eigenvalue weighted by Gasteiger charge is -2.28. The van der Waals surface area contributed by atoms with Crippen molar-refractivity contribution in [2.45, 2.75) is 25.7 Å². The number of aliphatic carboxylic acids is 1. The minimum Gasteiger partial charge on any atom is -0.481 e. The van der Waals surface area contributed by atoms with Gasteiger partial charge in [-0.15, -0.1) is 0 Å². The van der Waals surface area contributed by atoms with Crippen LogP contribution in [0.3, 0.4) is 0 Å². The number of carboxylic acids is 1. The Balaban J connectivity index is 1.93. The molecule has 0 bridgehead atoms. The van der Waals surface area contributed by atoms with Gasteiger partial charge < -0.3 is 10.4 Å². The highest BCUT2D eigenvalue weighted by atomic mass is 35.5. The number of halogens is 1. The summed E-state index contributed by atoms with van der Waals surface area (Å²) in [5, 5.41) is 12.2. The fraction of sp³-hybridized carbons (Fsp3) is 0.500. The van der Waals surface area contributed by atoms with Crippen LogP contribution >= 0.6 is 11.6 Å². The number of aromatic nitrogens is 1. The molecule has 2 N–H and O–H groups in total. The predicted molar refractivity (Wildman–Crippen MR) is 74.7 cm³/mol. The molecule has 1 aliphatic carbocycles. The number of nitrogens with one attached hydrogen (secondary N) is 1. The van der Waals surface area contributed by atoms with Crippen LogP contribution in [-0.2, 0) is 4.79 Å². The van der Waals surface area contributed by atoms with Crippen LogP contribution in [0.5, 0.6) is 0 Å². The van der Waals surface area contributed by atoms with Gasteiger partial charge in [0.2, 0.25) is 0 Å². The third-order valence-electron chi connectivity index (χ3n) is 3.70. The van der Waals surface area contributed by atoms with Gasteiger partial charge in [-0.05, 0) is 30.9 Å². The number of hydrogen-bond acceptors (Lipinski definition) is 3. The summed E-state index contributed by atoms with van der Waals surface area (Å²) in [5.41, 5.74) is 0.250. The Morgan fingerprint density at radius 1 is 1.35 bits per heavy atom. The molecule has 1 saturated carbocycles. The topological polar surface area (TPSA) is 79.3 Å². The normalized spacial score (nSPS) is 22.2. The molecule has 1 heterocycles. The molecule has 108 valence electrons. The molecule has 1 amide bonds. The maximum atomic E-state index is 11.9. The van der Waals surface area contributed by atoms with E-state index < -0.39 is 5.97 Å². The molecule has 0 spiro atoms. The van der Waals surface area contributed by atoms with E-state index in [1.54, 1.807) is 18.2 Å².